The van der Waals surface area contributed by atoms with Crippen LogP contribution in [-0.2, 0) is 14.0 Å². The molecule has 3 aliphatic carbocycles. The molecule has 4 rings (SSSR count). The number of hydrogen-bond acceptors (Lipinski definition) is 4. The van der Waals surface area contributed by atoms with Gasteiger partial charge in [-0.1, -0.05) is 13.5 Å². The van der Waals surface area contributed by atoms with E-state index in [-0.39, 0.29) is 48.8 Å². The Morgan fingerprint density at radius 3 is 2.71 bits per heavy atom. The SMILES string of the molecule is C=C1[C@@H]2C[C@@H]3OC(=O)C[C@@]1(O[Si](C)(C)C)[C@@H]3[C@@H](C)[C@@H]2CO. The highest BCUT2D eigenvalue weighted by molar-refractivity contribution is 6.69. The Hall–Kier alpha value is -0.653. The van der Waals surface area contributed by atoms with Crippen molar-refractivity contribution < 1.29 is 19.1 Å². The first-order valence-electron chi connectivity index (χ1n) is 7.89. The zero-order valence-corrected chi connectivity index (χ0v) is 14.4. The van der Waals surface area contributed by atoms with Gasteiger partial charge in [0.25, 0.3) is 0 Å². The maximum atomic E-state index is 12.1. The molecule has 4 nitrogen and oxygen atoms in total. The average molecular weight is 310 g/mol. The van der Waals surface area contributed by atoms with E-state index in [1.54, 1.807) is 0 Å². The van der Waals surface area contributed by atoms with Crippen LogP contribution in [0.15, 0.2) is 12.2 Å². The zero-order valence-electron chi connectivity index (χ0n) is 13.4. The Labute approximate surface area is 127 Å². The Balaban J connectivity index is 2.07. The van der Waals surface area contributed by atoms with Gasteiger partial charge in [0, 0.05) is 12.5 Å². The minimum absolute atomic E-state index is 0.0732. The van der Waals surface area contributed by atoms with Crippen LogP contribution in [0.4, 0.5) is 0 Å². The Morgan fingerprint density at radius 1 is 1.48 bits per heavy atom. The van der Waals surface area contributed by atoms with E-state index >= 15 is 0 Å². The van der Waals surface area contributed by atoms with Gasteiger partial charge >= 0.3 is 5.97 Å². The van der Waals surface area contributed by atoms with Gasteiger partial charge in [0.2, 0.25) is 0 Å². The smallest absolute Gasteiger partial charge is 0.309 e. The van der Waals surface area contributed by atoms with Crippen LogP contribution in [0.5, 0.6) is 0 Å². The largest absolute Gasteiger partial charge is 0.462 e. The second-order valence-electron chi connectivity index (χ2n) is 7.91. The minimum Gasteiger partial charge on any atom is -0.462 e. The van der Waals surface area contributed by atoms with Crippen molar-refractivity contribution in [3.63, 3.8) is 0 Å². The first-order chi connectivity index (χ1) is 9.69. The maximum absolute atomic E-state index is 12.1. The molecule has 0 aromatic heterocycles. The van der Waals surface area contributed by atoms with Gasteiger partial charge < -0.3 is 14.3 Å². The molecule has 1 aliphatic heterocycles. The molecule has 1 N–H and O–H groups in total. The Morgan fingerprint density at radius 2 is 2.14 bits per heavy atom. The summed E-state index contributed by atoms with van der Waals surface area (Å²) in [6.07, 6.45) is 1.01. The maximum Gasteiger partial charge on any atom is 0.309 e. The van der Waals surface area contributed by atoms with E-state index in [2.05, 4.69) is 33.1 Å². The number of esters is 1. The van der Waals surface area contributed by atoms with Crippen molar-refractivity contribution in [2.24, 2.45) is 23.7 Å². The molecule has 0 radical (unpaired) electrons. The highest BCUT2D eigenvalue weighted by Gasteiger charge is 2.66. The predicted molar refractivity (Wildman–Crippen MR) is 82.1 cm³/mol. The van der Waals surface area contributed by atoms with Crippen molar-refractivity contribution in [2.45, 2.75) is 51.1 Å². The summed E-state index contributed by atoms with van der Waals surface area (Å²) in [5.74, 6) is 0.674. The fraction of sp³-hybridized carbons (Fsp3) is 0.812. The second kappa shape index (κ2) is 4.67. The summed E-state index contributed by atoms with van der Waals surface area (Å²) in [6.45, 7) is 13.1. The minimum atomic E-state index is -1.84. The first kappa shape index (κ1) is 15.3. The molecule has 3 saturated carbocycles. The average Bonchev–Trinajstić information content (AvgIpc) is 2.32. The Bertz CT molecular complexity index is 483. The quantitative estimate of drug-likeness (QED) is 0.494. The van der Waals surface area contributed by atoms with Crippen molar-refractivity contribution in [2.75, 3.05) is 6.61 Å². The van der Waals surface area contributed by atoms with Gasteiger partial charge in [0.05, 0.1) is 12.0 Å². The first-order valence-corrected chi connectivity index (χ1v) is 11.3. The van der Waals surface area contributed by atoms with Crippen molar-refractivity contribution >= 4 is 14.3 Å². The second-order valence-corrected chi connectivity index (χ2v) is 12.3. The lowest BCUT2D eigenvalue weighted by molar-refractivity contribution is -0.215. The molecule has 0 aromatic carbocycles. The van der Waals surface area contributed by atoms with Crippen molar-refractivity contribution in [1.29, 1.82) is 0 Å². The third-order valence-electron chi connectivity index (χ3n) is 5.56. The van der Waals surface area contributed by atoms with Crippen molar-refractivity contribution in [3.8, 4) is 0 Å². The number of hydrogen-bond donors (Lipinski definition) is 1. The molecule has 5 heteroatoms. The summed E-state index contributed by atoms with van der Waals surface area (Å²) >= 11 is 0. The molecular weight excluding hydrogens is 284 g/mol. The van der Waals surface area contributed by atoms with E-state index in [9.17, 15) is 9.90 Å². The summed E-state index contributed by atoms with van der Waals surface area (Å²) in [7, 11) is -1.84. The van der Waals surface area contributed by atoms with E-state index in [0.717, 1.165) is 12.0 Å². The molecule has 0 unspecified atom stereocenters. The highest BCUT2D eigenvalue weighted by Crippen LogP contribution is 2.61. The van der Waals surface area contributed by atoms with E-state index in [0.29, 0.717) is 0 Å². The molecule has 4 bridgehead atoms. The van der Waals surface area contributed by atoms with E-state index in [4.69, 9.17) is 9.16 Å². The summed E-state index contributed by atoms with van der Waals surface area (Å²) < 4.78 is 12.2. The Kier molecular flexibility index (Phi) is 3.39. The molecule has 6 atom stereocenters. The topological polar surface area (TPSA) is 55.8 Å². The molecule has 0 spiro atoms. The van der Waals surface area contributed by atoms with Crippen LogP contribution < -0.4 is 0 Å². The molecule has 0 aromatic rings. The van der Waals surface area contributed by atoms with Gasteiger partial charge in [-0.25, -0.2) is 0 Å². The number of fused-ring (bicyclic) bond motifs is 1. The van der Waals surface area contributed by atoms with Crippen molar-refractivity contribution in [3.05, 3.63) is 12.2 Å². The van der Waals surface area contributed by atoms with Crippen LogP contribution in [-0.4, -0.2) is 37.7 Å². The number of carbonyl (C=O) groups is 1. The molecule has 21 heavy (non-hydrogen) atoms. The summed E-state index contributed by atoms with van der Waals surface area (Å²) in [5.41, 5.74) is 0.471. The van der Waals surface area contributed by atoms with Gasteiger partial charge in [-0.3, -0.25) is 4.79 Å². The molecule has 1 heterocycles. The van der Waals surface area contributed by atoms with Crippen LogP contribution >= 0.6 is 0 Å². The van der Waals surface area contributed by atoms with Crippen LogP contribution in [0.3, 0.4) is 0 Å². The lowest BCUT2D eigenvalue weighted by atomic mass is 9.49. The molecule has 4 fully saturated rings. The standard InChI is InChI=1S/C16H26O4Si/c1-9-12(8-17)11-6-13-15(9)16(10(11)2,7-14(18)19-13)20-21(3,4)5/h9,11-13,15,17H,2,6-8H2,1,3-5H3/t9-,11-,12-,13-,15+,16-/m0/s1. The lowest BCUT2D eigenvalue weighted by Gasteiger charge is -2.64. The summed E-state index contributed by atoms with van der Waals surface area (Å²) in [6, 6.07) is 0. The van der Waals surface area contributed by atoms with Crippen LogP contribution in [0.25, 0.3) is 0 Å². The number of carbonyl (C=O) groups excluding carboxylic acids is 1. The number of aliphatic hydroxyl groups excluding tert-OH is 1. The predicted octanol–water partition coefficient (Wildman–Crippen LogP) is 2.34. The summed E-state index contributed by atoms with van der Waals surface area (Å²) in [4.78, 5) is 12.1. The van der Waals surface area contributed by atoms with Gasteiger partial charge in [-0.05, 0) is 49.4 Å². The fourth-order valence-corrected chi connectivity index (χ4v) is 6.42. The number of ether oxygens (including phenoxy) is 1. The van der Waals surface area contributed by atoms with Gasteiger partial charge in [-0.2, -0.15) is 0 Å². The fourth-order valence-electron chi connectivity index (χ4n) is 4.98. The van der Waals surface area contributed by atoms with Crippen LogP contribution in [0, 0.1) is 23.7 Å². The third-order valence-corrected chi connectivity index (χ3v) is 6.54. The molecule has 118 valence electrons. The zero-order chi connectivity index (χ0) is 15.6. The monoisotopic (exact) mass is 310 g/mol. The van der Waals surface area contributed by atoms with E-state index in [1.165, 1.54) is 0 Å². The molecule has 1 saturated heterocycles. The highest BCUT2D eigenvalue weighted by atomic mass is 28.4. The van der Waals surface area contributed by atoms with Crippen LogP contribution in [0.1, 0.15) is 19.8 Å². The lowest BCUT2D eigenvalue weighted by Crippen LogP contribution is -2.69. The van der Waals surface area contributed by atoms with E-state index < -0.39 is 13.9 Å². The van der Waals surface area contributed by atoms with Gasteiger partial charge in [0.1, 0.15) is 6.10 Å². The molecule has 0 amide bonds. The van der Waals surface area contributed by atoms with Crippen molar-refractivity contribution in [1.82, 2.24) is 0 Å². The third kappa shape index (κ3) is 2.12. The van der Waals surface area contributed by atoms with Gasteiger partial charge in [-0.15, -0.1) is 0 Å². The summed E-state index contributed by atoms with van der Waals surface area (Å²) in [5, 5.41) is 9.75. The molecule has 4 aliphatic rings. The molecular formula is C16H26O4Si. The number of aliphatic hydroxyl groups is 1. The number of rotatable bonds is 3. The van der Waals surface area contributed by atoms with Gasteiger partial charge in [0.15, 0.2) is 8.32 Å². The normalized spacial score (nSPS) is 45.7. The van der Waals surface area contributed by atoms with E-state index in [1.807, 2.05) is 0 Å². The van der Waals surface area contributed by atoms with Crippen LogP contribution in [0.2, 0.25) is 19.6 Å².